The lowest BCUT2D eigenvalue weighted by Gasteiger charge is -2.25. The fourth-order valence-electron chi connectivity index (χ4n) is 4.08. The second-order valence-corrected chi connectivity index (χ2v) is 7.01. The number of benzene rings is 2. The van der Waals surface area contributed by atoms with Crippen molar-refractivity contribution in [2.75, 3.05) is 6.54 Å². The molecule has 0 aliphatic carbocycles. The number of nitrogens with zero attached hydrogens (tertiary/aromatic N) is 1. The highest BCUT2D eigenvalue weighted by atomic mass is 19.1. The van der Waals surface area contributed by atoms with E-state index in [1.54, 1.807) is 0 Å². The Morgan fingerprint density at radius 3 is 2.72 bits per heavy atom. The Hall–Kier alpha value is -3.65. The first-order chi connectivity index (χ1) is 14.0. The third kappa shape index (κ3) is 2.68. The first-order valence-electron chi connectivity index (χ1n) is 9.21. The van der Waals surface area contributed by atoms with Crippen molar-refractivity contribution in [3.05, 3.63) is 92.0 Å². The van der Waals surface area contributed by atoms with Crippen LogP contribution in [0, 0.1) is 5.82 Å². The van der Waals surface area contributed by atoms with E-state index in [1.807, 2.05) is 24.3 Å². The maximum Gasteiger partial charge on any atom is 0.335 e. The van der Waals surface area contributed by atoms with E-state index in [0.29, 0.717) is 6.54 Å². The van der Waals surface area contributed by atoms with Gasteiger partial charge in [0, 0.05) is 23.1 Å². The summed E-state index contributed by atoms with van der Waals surface area (Å²) < 4.78 is 14.6. The van der Waals surface area contributed by atoms with Crippen molar-refractivity contribution in [2.45, 2.75) is 12.5 Å². The first-order valence-corrected chi connectivity index (χ1v) is 9.21. The van der Waals surface area contributed by atoms with Crippen LogP contribution in [0.15, 0.2) is 58.1 Å². The quantitative estimate of drug-likeness (QED) is 0.419. The fraction of sp³-hybridized carbons (Fsp3) is 0.143. The van der Waals surface area contributed by atoms with Gasteiger partial charge in [0.1, 0.15) is 11.4 Å². The molecule has 0 saturated carbocycles. The minimum Gasteiger partial charge on any atom is -0.494 e. The van der Waals surface area contributed by atoms with E-state index in [-0.39, 0.29) is 11.3 Å². The SMILES string of the molecule is O=c1[nH]c(=O)n(-c2cccc(F)c2)c(O)c1C1NCCc2c1[nH]c1ccccc21. The molecule has 1 unspecified atom stereocenters. The maximum absolute atomic E-state index is 13.7. The van der Waals surface area contributed by atoms with Crippen molar-refractivity contribution in [2.24, 2.45) is 0 Å². The molecule has 1 aliphatic heterocycles. The molecule has 5 rings (SSSR count). The minimum atomic E-state index is -0.838. The average Bonchev–Trinajstić information content (AvgIpc) is 3.07. The average molecular weight is 392 g/mol. The van der Waals surface area contributed by atoms with E-state index in [0.717, 1.165) is 39.2 Å². The number of H-pyrrole nitrogens is 2. The lowest BCUT2D eigenvalue weighted by atomic mass is 9.95. The van der Waals surface area contributed by atoms with Crippen LogP contribution in [0.25, 0.3) is 16.6 Å². The highest BCUT2D eigenvalue weighted by molar-refractivity contribution is 5.85. The Labute approximate surface area is 163 Å². The molecule has 7 nitrogen and oxygen atoms in total. The lowest BCUT2D eigenvalue weighted by molar-refractivity contribution is 0.409. The topological polar surface area (TPSA) is 103 Å². The van der Waals surface area contributed by atoms with Crippen LogP contribution >= 0.6 is 0 Å². The predicted octanol–water partition coefficient (Wildman–Crippen LogP) is 2.09. The van der Waals surface area contributed by atoms with Crippen LogP contribution in [0.5, 0.6) is 5.88 Å². The minimum absolute atomic E-state index is 0.00127. The van der Waals surface area contributed by atoms with Crippen LogP contribution in [0.1, 0.15) is 22.9 Å². The molecule has 2 aromatic heterocycles. The Bertz CT molecular complexity index is 1370. The molecule has 0 saturated heterocycles. The van der Waals surface area contributed by atoms with Gasteiger partial charge in [0.15, 0.2) is 0 Å². The van der Waals surface area contributed by atoms with Crippen LogP contribution < -0.4 is 16.6 Å². The molecule has 4 N–H and O–H groups in total. The lowest BCUT2D eigenvalue weighted by Crippen LogP contribution is -2.38. The molecule has 4 aromatic rings. The molecule has 146 valence electrons. The van der Waals surface area contributed by atoms with E-state index in [1.165, 1.54) is 18.2 Å². The summed E-state index contributed by atoms with van der Waals surface area (Å²) in [6, 6.07) is 12.4. The first kappa shape index (κ1) is 17.4. The molecule has 29 heavy (non-hydrogen) atoms. The third-order valence-electron chi connectivity index (χ3n) is 5.33. The normalized spacial score (nSPS) is 16.1. The molecule has 2 aromatic carbocycles. The van der Waals surface area contributed by atoms with Gasteiger partial charge in [-0.3, -0.25) is 9.78 Å². The zero-order chi connectivity index (χ0) is 20.1. The summed E-state index contributed by atoms with van der Waals surface area (Å²) in [5.74, 6) is -1.08. The number of fused-ring (bicyclic) bond motifs is 3. The van der Waals surface area contributed by atoms with Crippen LogP contribution in [0.2, 0.25) is 0 Å². The largest absolute Gasteiger partial charge is 0.494 e. The van der Waals surface area contributed by atoms with Gasteiger partial charge in [-0.25, -0.2) is 13.8 Å². The van der Waals surface area contributed by atoms with Crippen molar-refractivity contribution < 1.29 is 9.50 Å². The number of nitrogens with one attached hydrogen (secondary N) is 3. The number of rotatable bonds is 2. The summed E-state index contributed by atoms with van der Waals surface area (Å²) in [6.07, 6.45) is 0.762. The van der Waals surface area contributed by atoms with Crippen LogP contribution in [-0.2, 0) is 6.42 Å². The number of aromatic hydroxyl groups is 1. The Balaban J connectivity index is 1.75. The summed E-state index contributed by atoms with van der Waals surface area (Å²) in [5, 5.41) is 15.2. The van der Waals surface area contributed by atoms with Crippen molar-refractivity contribution in [3.8, 4) is 11.6 Å². The third-order valence-corrected chi connectivity index (χ3v) is 5.33. The van der Waals surface area contributed by atoms with E-state index in [4.69, 9.17) is 0 Å². The molecule has 1 aliphatic rings. The molecule has 0 fully saturated rings. The van der Waals surface area contributed by atoms with E-state index >= 15 is 0 Å². The van der Waals surface area contributed by atoms with E-state index in [9.17, 15) is 19.1 Å². The number of halogens is 1. The highest BCUT2D eigenvalue weighted by Gasteiger charge is 2.31. The van der Waals surface area contributed by atoms with Crippen molar-refractivity contribution in [1.29, 1.82) is 0 Å². The summed E-state index contributed by atoms with van der Waals surface area (Å²) >= 11 is 0. The van der Waals surface area contributed by atoms with Gasteiger partial charge in [-0.1, -0.05) is 24.3 Å². The van der Waals surface area contributed by atoms with Crippen molar-refractivity contribution in [3.63, 3.8) is 0 Å². The standard InChI is InChI=1S/C21H17FN4O3/c22-11-4-3-5-12(10-11)26-20(28)16(19(27)25-21(26)29)18-17-14(8-9-23-18)13-6-1-2-7-15(13)24-17/h1-7,10,18,23-24,28H,8-9H2,(H,25,27,29). The molecule has 0 radical (unpaired) electrons. The maximum atomic E-state index is 13.7. The number of para-hydroxylation sites is 1. The second-order valence-electron chi connectivity index (χ2n) is 7.01. The molecular formula is C21H17FN4O3. The Morgan fingerprint density at radius 1 is 1.07 bits per heavy atom. The molecule has 0 spiro atoms. The Morgan fingerprint density at radius 2 is 1.90 bits per heavy atom. The highest BCUT2D eigenvalue weighted by Crippen LogP contribution is 2.35. The number of hydrogen-bond acceptors (Lipinski definition) is 4. The van der Waals surface area contributed by atoms with Gasteiger partial charge in [-0.05, 0) is 36.2 Å². The summed E-state index contributed by atoms with van der Waals surface area (Å²) in [5.41, 5.74) is 1.35. The summed E-state index contributed by atoms with van der Waals surface area (Å²) in [7, 11) is 0. The van der Waals surface area contributed by atoms with Crippen LogP contribution in [0.4, 0.5) is 4.39 Å². The van der Waals surface area contributed by atoms with Crippen LogP contribution in [0.3, 0.4) is 0 Å². The smallest absolute Gasteiger partial charge is 0.335 e. The van der Waals surface area contributed by atoms with Crippen molar-refractivity contribution >= 4 is 10.9 Å². The summed E-state index contributed by atoms with van der Waals surface area (Å²) in [4.78, 5) is 30.6. The number of aromatic amines is 2. The fourth-order valence-corrected chi connectivity index (χ4v) is 4.08. The van der Waals surface area contributed by atoms with Gasteiger partial charge >= 0.3 is 5.69 Å². The van der Waals surface area contributed by atoms with Gasteiger partial charge in [0.2, 0.25) is 5.88 Å². The monoisotopic (exact) mass is 392 g/mol. The zero-order valence-electron chi connectivity index (χ0n) is 15.2. The van der Waals surface area contributed by atoms with Gasteiger partial charge in [-0.15, -0.1) is 0 Å². The molecule has 1 atom stereocenters. The van der Waals surface area contributed by atoms with Gasteiger partial charge in [0.25, 0.3) is 5.56 Å². The van der Waals surface area contributed by atoms with E-state index in [2.05, 4.69) is 15.3 Å². The van der Waals surface area contributed by atoms with Crippen molar-refractivity contribution in [1.82, 2.24) is 19.9 Å². The second kappa shape index (κ2) is 6.46. The van der Waals surface area contributed by atoms with Crippen LogP contribution in [-0.4, -0.2) is 26.2 Å². The van der Waals surface area contributed by atoms with E-state index < -0.39 is 29.0 Å². The molecular weight excluding hydrogens is 375 g/mol. The predicted molar refractivity (Wildman–Crippen MR) is 106 cm³/mol. The van der Waals surface area contributed by atoms with Gasteiger partial charge < -0.3 is 15.4 Å². The molecule has 0 amide bonds. The molecule has 0 bridgehead atoms. The van der Waals surface area contributed by atoms with Gasteiger partial charge in [0.05, 0.1) is 11.7 Å². The molecule has 8 heteroatoms. The Kier molecular flexibility index (Phi) is 3.88. The number of hydrogen-bond donors (Lipinski definition) is 4. The molecule has 3 heterocycles. The number of aromatic nitrogens is 3. The zero-order valence-corrected chi connectivity index (χ0v) is 15.2. The summed E-state index contributed by atoms with van der Waals surface area (Å²) in [6.45, 7) is 0.595. The van der Waals surface area contributed by atoms with Gasteiger partial charge in [-0.2, -0.15) is 0 Å².